The summed E-state index contributed by atoms with van der Waals surface area (Å²) in [5, 5.41) is 9.50. The van der Waals surface area contributed by atoms with Crippen LogP contribution in [0.3, 0.4) is 0 Å². The van der Waals surface area contributed by atoms with Crippen LogP contribution < -0.4 is 0 Å². The third kappa shape index (κ3) is 3.31. The van der Waals surface area contributed by atoms with Gasteiger partial charge in [-0.3, -0.25) is 4.79 Å². The minimum atomic E-state index is -0.765. The Labute approximate surface area is 126 Å². The van der Waals surface area contributed by atoms with Crippen molar-refractivity contribution < 1.29 is 19.4 Å². The molecule has 21 heavy (non-hydrogen) atoms. The number of aliphatic carboxylic acids is 1. The molecule has 2 heterocycles. The predicted molar refractivity (Wildman–Crippen MR) is 78.1 cm³/mol. The second kappa shape index (κ2) is 6.64. The van der Waals surface area contributed by atoms with E-state index in [9.17, 15) is 14.7 Å². The van der Waals surface area contributed by atoms with E-state index in [1.807, 2.05) is 11.8 Å². The maximum Gasteiger partial charge on any atom is 0.320 e. The van der Waals surface area contributed by atoms with Crippen molar-refractivity contribution >= 4 is 12.0 Å². The van der Waals surface area contributed by atoms with Crippen molar-refractivity contribution in [3.05, 3.63) is 0 Å². The van der Waals surface area contributed by atoms with Gasteiger partial charge in [-0.05, 0) is 19.3 Å². The first kappa shape index (κ1) is 16.1. The van der Waals surface area contributed by atoms with E-state index in [4.69, 9.17) is 4.74 Å². The number of amides is 2. The molecule has 2 unspecified atom stereocenters. The fraction of sp³-hybridized carbons (Fsp3) is 0.867. The minimum absolute atomic E-state index is 0.00664. The summed E-state index contributed by atoms with van der Waals surface area (Å²) in [6, 6.07) is -0.00664. The smallest absolute Gasteiger partial charge is 0.320 e. The maximum atomic E-state index is 12.5. The number of urea groups is 1. The lowest BCUT2D eigenvalue weighted by Crippen LogP contribution is -2.43. The van der Waals surface area contributed by atoms with E-state index >= 15 is 0 Å². The minimum Gasteiger partial charge on any atom is -0.481 e. The van der Waals surface area contributed by atoms with Crippen LogP contribution >= 0.6 is 0 Å². The van der Waals surface area contributed by atoms with Crippen molar-refractivity contribution in [1.82, 2.24) is 9.80 Å². The van der Waals surface area contributed by atoms with Crippen LogP contribution in [0.25, 0.3) is 0 Å². The number of carbonyl (C=O) groups excluding carboxylic acids is 1. The van der Waals surface area contributed by atoms with E-state index in [1.165, 1.54) is 0 Å². The molecule has 2 fully saturated rings. The Morgan fingerprint density at radius 2 is 2.10 bits per heavy atom. The van der Waals surface area contributed by atoms with Crippen LogP contribution in [-0.4, -0.2) is 66.8 Å². The Morgan fingerprint density at radius 1 is 1.33 bits per heavy atom. The molecule has 0 aliphatic carbocycles. The van der Waals surface area contributed by atoms with Crippen LogP contribution in [0.1, 0.15) is 32.6 Å². The quantitative estimate of drug-likeness (QED) is 0.838. The van der Waals surface area contributed by atoms with Gasteiger partial charge in [0, 0.05) is 39.2 Å². The topological polar surface area (TPSA) is 70.1 Å². The van der Waals surface area contributed by atoms with Gasteiger partial charge in [0.2, 0.25) is 0 Å². The molecule has 2 aliphatic heterocycles. The normalized spacial score (nSPS) is 29.1. The molecule has 0 aromatic heterocycles. The second-order valence-corrected chi connectivity index (χ2v) is 6.35. The number of carbonyl (C=O) groups is 2. The van der Waals surface area contributed by atoms with Gasteiger partial charge in [-0.15, -0.1) is 0 Å². The molecule has 6 heteroatoms. The summed E-state index contributed by atoms with van der Waals surface area (Å²) in [6.07, 6.45) is 3.00. The zero-order valence-corrected chi connectivity index (χ0v) is 13.0. The molecule has 0 saturated carbocycles. The Bertz CT molecular complexity index is 401. The van der Waals surface area contributed by atoms with Crippen molar-refractivity contribution in [3.63, 3.8) is 0 Å². The lowest BCUT2D eigenvalue weighted by Gasteiger charge is -2.27. The largest absolute Gasteiger partial charge is 0.481 e. The average Bonchev–Trinajstić information content (AvgIpc) is 3.07. The van der Waals surface area contributed by atoms with Crippen molar-refractivity contribution in [2.75, 3.05) is 39.9 Å². The molecule has 2 saturated heterocycles. The van der Waals surface area contributed by atoms with Crippen LogP contribution in [0, 0.1) is 11.3 Å². The van der Waals surface area contributed by atoms with Gasteiger partial charge in [-0.1, -0.05) is 13.3 Å². The van der Waals surface area contributed by atoms with Crippen LogP contribution in [0.5, 0.6) is 0 Å². The van der Waals surface area contributed by atoms with E-state index in [-0.39, 0.29) is 6.03 Å². The highest BCUT2D eigenvalue weighted by molar-refractivity contribution is 5.80. The molecule has 6 nitrogen and oxygen atoms in total. The van der Waals surface area contributed by atoms with E-state index in [2.05, 4.69) is 0 Å². The molecule has 0 aromatic carbocycles. The summed E-state index contributed by atoms with van der Waals surface area (Å²) in [5.41, 5.74) is -0.740. The highest BCUT2D eigenvalue weighted by Gasteiger charge is 2.46. The van der Waals surface area contributed by atoms with Crippen LogP contribution in [-0.2, 0) is 9.53 Å². The van der Waals surface area contributed by atoms with Gasteiger partial charge in [-0.2, -0.15) is 0 Å². The number of nitrogens with zero attached hydrogens (tertiary/aromatic N) is 2. The Hall–Kier alpha value is -1.30. The van der Waals surface area contributed by atoms with Gasteiger partial charge in [0.1, 0.15) is 0 Å². The van der Waals surface area contributed by atoms with E-state index in [0.717, 1.165) is 25.9 Å². The van der Waals surface area contributed by atoms with Gasteiger partial charge < -0.3 is 19.6 Å². The molecule has 0 bridgehead atoms. The number of hydrogen-bond donors (Lipinski definition) is 1. The Morgan fingerprint density at radius 3 is 2.71 bits per heavy atom. The van der Waals surface area contributed by atoms with Gasteiger partial charge in [-0.25, -0.2) is 4.79 Å². The Kier molecular flexibility index (Phi) is 5.08. The maximum absolute atomic E-state index is 12.5. The third-order valence-electron chi connectivity index (χ3n) is 4.77. The molecule has 0 aromatic rings. The number of rotatable bonds is 5. The summed E-state index contributed by atoms with van der Waals surface area (Å²) in [5.74, 6) is -0.361. The fourth-order valence-corrected chi connectivity index (χ4v) is 3.58. The molecular weight excluding hydrogens is 272 g/mol. The second-order valence-electron chi connectivity index (χ2n) is 6.35. The number of carboxylic acids is 1. The van der Waals surface area contributed by atoms with Gasteiger partial charge in [0.15, 0.2) is 0 Å². The summed E-state index contributed by atoms with van der Waals surface area (Å²) < 4.78 is 5.15. The third-order valence-corrected chi connectivity index (χ3v) is 4.77. The van der Waals surface area contributed by atoms with Crippen molar-refractivity contribution in [2.24, 2.45) is 11.3 Å². The van der Waals surface area contributed by atoms with Crippen molar-refractivity contribution in [2.45, 2.75) is 32.6 Å². The monoisotopic (exact) mass is 298 g/mol. The first-order valence-corrected chi connectivity index (χ1v) is 7.78. The number of likely N-dealkylation sites (tertiary alicyclic amines) is 2. The first-order valence-electron chi connectivity index (χ1n) is 7.78. The molecule has 2 amide bonds. The molecule has 120 valence electrons. The van der Waals surface area contributed by atoms with Gasteiger partial charge in [0.05, 0.1) is 12.0 Å². The van der Waals surface area contributed by atoms with Gasteiger partial charge in [0.25, 0.3) is 0 Å². The number of methoxy groups -OCH3 is 1. The summed E-state index contributed by atoms with van der Waals surface area (Å²) in [7, 11) is 1.68. The van der Waals surface area contributed by atoms with E-state index in [0.29, 0.717) is 38.5 Å². The standard InChI is InChI=1S/C15H26N2O4/c1-3-5-15(13(18)19)6-8-17(11-15)14(20)16-7-4-12(9-16)10-21-2/h12H,3-11H2,1-2H3,(H,18,19). The van der Waals surface area contributed by atoms with Gasteiger partial charge >= 0.3 is 12.0 Å². The summed E-state index contributed by atoms with van der Waals surface area (Å²) in [4.78, 5) is 27.7. The number of hydrogen-bond acceptors (Lipinski definition) is 3. The fourth-order valence-electron chi connectivity index (χ4n) is 3.58. The van der Waals surface area contributed by atoms with Crippen LogP contribution in [0.2, 0.25) is 0 Å². The molecule has 2 aliphatic rings. The lowest BCUT2D eigenvalue weighted by molar-refractivity contribution is -0.148. The summed E-state index contributed by atoms with van der Waals surface area (Å²) in [6.45, 7) is 5.04. The highest BCUT2D eigenvalue weighted by atomic mass is 16.5. The summed E-state index contributed by atoms with van der Waals surface area (Å²) >= 11 is 0. The SMILES string of the molecule is CCCC1(C(=O)O)CCN(C(=O)N2CCC(COC)C2)C1. The van der Waals surface area contributed by atoms with E-state index < -0.39 is 11.4 Å². The zero-order chi connectivity index (χ0) is 15.5. The molecule has 1 N–H and O–H groups in total. The molecule has 2 atom stereocenters. The Balaban J connectivity index is 1.94. The molecular formula is C15H26N2O4. The zero-order valence-electron chi connectivity index (χ0n) is 13.0. The highest BCUT2D eigenvalue weighted by Crippen LogP contribution is 2.36. The first-order chi connectivity index (χ1) is 10.0. The molecule has 0 spiro atoms. The lowest BCUT2D eigenvalue weighted by atomic mass is 9.83. The van der Waals surface area contributed by atoms with Crippen LogP contribution in [0.15, 0.2) is 0 Å². The molecule has 0 radical (unpaired) electrons. The number of carboxylic acid groups (broad SMARTS) is 1. The molecule has 2 rings (SSSR count). The average molecular weight is 298 g/mol. The number of ether oxygens (including phenoxy) is 1. The van der Waals surface area contributed by atoms with Crippen molar-refractivity contribution in [3.8, 4) is 0 Å². The van der Waals surface area contributed by atoms with Crippen molar-refractivity contribution in [1.29, 1.82) is 0 Å². The predicted octanol–water partition coefficient (Wildman–Crippen LogP) is 1.65. The van der Waals surface area contributed by atoms with E-state index in [1.54, 1.807) is 12.0 Å². The van der Waals surface area contributed by atoms with Crippen LogP contribution in [0.4, 0.5) is 4.79 Å².